The first-order valence-corrected chi connectivity index (χ1v) is 12.0. The Morgan fingerprint density at radius 3 is 2.17 bits per heavy atom. The molecule has 1 aliphatic rings. The van der Waals surface area contributed by atoms with Crippen LogP contribution in [0.1, 0.15) is 47.8 Å². The van der Waals surface area contributed by atoms with E-state index in [0.717, 1.165) is 31.9 Å². The molecule has 0 aromatic heterocycles. The summed E-state index contributed by atoms with van der Waals surface area (Å²) in [6.45, 7) is 4.64. The number of rotatable bonds is 8. The largest absolute Gasteiger partial charge is 0.505 e. The van der Waals surface area contributed by atoms with Crippen LogP contribution in [0.25, 0.3) is 0 Å². The summed E-state index contributed by atoms with van der Waals surface area (Å²) < 4.78 is 25.1. The molecule has 0 bridgehead atoms. The first-order chi connectivity index (χ1) is 13.7. The standard InChI is InChI=1S/C22H30N2O4S.ClH/c1-4-14-9-16-11-18(12-17(16)10-15(14)5-2)23-13-21(25)19-7-6-8-20(22(19)26)24-29(3,27)28;/h6-10,18,21,23-26H,4-5,11-13H2,1-3H3;1H/t21-;/m1./s1. The maximum atomic E-state index is 11.4. The zero-order valence-corrected chi connectivity index (χ0v) is 19.2. The average molecular weight is 455 g/mol. The van der Waals surface area contributed by atoms with Crippen molar-refractivity contribution in [3.05, 3.63) is 58.1 Å². The van der Waals surface area contributed by atoms with Crippen molar-refractivity contribution in [2.75, 3.05) is 17.5 Å². The number of para-hydroxylation sites is 1. The summed E-state index contributed by atoms with van der Waals surface area (Å²) >= 11 is 0. The molecule has 1 atom stereocenters. The second-order valence-electron chi connectivity index (χ2n) is 7.74. The number of nitrogens with one attached hydrogen (secondary N) is 2. The average Bonchev–Trinajstić information content (AvgIpc) is 3.07. The number of aliphatic hydroxyl groups excluding tert-OH is 1. The van der Waals surface area contributed by atoms with Crippen LogP contribution in [0.5, 0.6) is 5.75 Å². The Balaban J connectivity index is 0.00000320. The van der Waals surface area contributed by atoms with Crippen LogP contribution in [0.3, 0.4) is 0 Å². The van der Waals surface area contributed by atoms with Crippen LogP contribution in [0.15, 0.2) is 30.3 Å². The predicted molar refractivity (Wildman–Crippen MR) is 123 cm³/mol. The van der Waals surface area contributed by atoms with Gasteiger partial charge in [-0.1, -0.05) is 38.1 Å². The SMILES string of the molecule is CCc1cc2c(cc1CC)CC(NC[C@@H](O)c1cccc(NS(C)(=O)=O)c1O)C2.Cl. The van der Waals surface area contributed by atoms with Crippen LogP contribution in [-0.4, -0.2) is 37.5 Å². The number of anilines is 1. The van der Waals surface area contributed by atoms with Gasteiger partial charge >= 0.3 is 0 Å². The maximum absolute atomic E-state index is 11.4. The molecule has 0 fully saturated rings. The highest BCUT2D eigenvalue weighted by atomic mass is 35.5. The van der Waals surface area contributed by atoms with E-state index in [9.17, 15) is 18.6 Å². The molecule has 6 nitrogen and oxygen atoms in total. The van der Waals surface area contributed by atoms with Crippen molar-refractivity contribution in [2.45, 2.75) is 51.7 Å². The molecule has 0 aliphatic heterocycles. The first kappa shape index (κ1) is 24.5. The van der Waals surface area contributed by atoms with E-state index in [0.29, 0.717) is 5.56 Å². The molecule has 0 radical (unpaired) electrons. The lowest BCUT2D eigenvalue weighted by Gasteiger charge is -2.18. The van der Waals surface area contributed by atoms with E-state index < -0.39 is 16.1 Å². The van der Waals surface area contributed by atoms with Gasteiger partial charge in [-0.3, -0.25) is 4.72 Å². The number of phenolic OH excluding ortho intramolecular Hbond substituents is 1. The number of halogens is 1. The third-order valence-corrected chi connectivity index (χ3v) is 6.13. The molecule has 1 aliphatic carbocycles. The molecule has 166 valence electrons. The van der Waals surface area contributed by atoms with Gasteiger partial charge in [-0.15, -0.1) is 12.4 Å². The number of hydrogen-bond donors (Lipinski definition) is 4. The topological polar surface area (TPSA) is 98.7 Å². The Labute approximate surface area is 185 Å². The summed E-state index contributed by atoms with van der Waals surface area (Å²) in [5.74, 6) is -0.248. The fraction of sp³-hybridized carbons (Fsp3) is 0.455. The van der Waals surface area contributed by atoms with Gasteiger partial charge in [0.2, 0.25) is 10.0 Å². The minimum absolute atomic E-state index is 0. The summed E-state index contributed by atoms with van der Waals surface area (Å²) in [7, 11) is -3.52. The Morgan fingerprint density at radius 2 is 1.67 bits per heavy atom. The fourth-order valence-electron chi connectivity index (χ4n) is 4.08. The second kappa shape index (κ2) is 10.0. The van der Waals surface area contributed by atoms with Gasteiger partial charge in [-0.2, -0.15) is 0 Å². The smallest absolute Gasteiger partial charge is 0.229 e. The molecule has 2 aromatic rings. The highest BCUT2D eigenvalue weighted by molar-refractivity contribution is 7.92. The van der Waals surface area contributed by atoms with Gasteiger partial charge < -0.3 is 15.5 Å². The molecule has 0 saturated heterocycles. The molecule has 0 unspecified atom stereocenters. The maximum Gasteiger partial charge on any atom is 0.229 e. The number of aryl methyl sites for hydroxylation is 2. The molecule has 0 saturated carbocycles. The lowest BCUT2D eigenvalue weighted by atomic mass is 9.97. The van der Waals surface area contributed by atoms with E-state index in [4.69, 9.17) is 0 Å². The number of sulfonamides is 1. The third-order valence-electron chi connectivity index (χ3n) is 5.54. The van der Waals surface area contributed by atoms with Gasteiger partial charge in [-0.05, 0) is 54.0 Å². The van der Waals surface area contributed by atoms with Crippen molar-refractivity contribution in [3.63, 3.8) is 0 Å². The highest BCUT2D eigenvalue weighted by Gasteiger charge is 2.24. The van der Waals surface area contributed by atoms with Crippen LogP contribution in [0, 0.1) is 0 Å². The Kier molecular flexibility index (Phi) is 8.16. The molecular weight excluding hydrogens is 424 g/mol. The second-order valence-corrected chi connectivity index (χ2v) is 9.49. The van der Waals surface area contributed by atoms with Crippen LogP contribution in [0.2, 0.25) is 0 Å². The van der Waals surface area contributed by atoms with Crippen LogP contribution >= 0.6 is 12.4 Å². The Morgan fingerprint density at radius 1 is 1.10 bits per heavy atom. The fourth-order valence-corrected chi connectivity index (χ4v) is 4.64. The number of benzene rings is 2. The highest BCUT2D eigenvalue weighted by Crippen LogP contribution is 2.33. The Hall–Kier alpha value is -1.80. The molecule has 2 aromatic carbocycles. The minimum Gasteiger partial charge on any atom is -0.505 e. The number of hydrogen-bond acceptors (Lipinski definition) is 5. The number of fused-ring (bicyclic) bond motifs is 1. The molecule has 0 amide bonds. The third kappa shape index (κ3) is 5.66. The summed E-state index contributed by atoms with van der Waals surface area (Å²) in [6.07, 6.45) is 3.97. The lowest BCUT2D eigenvalue weighted by Crippen LogP contribution is -2.33. The van der Waals surface area contributed by atoms with Gasteiger partial charge in [0.05, 0.1) is 18.0 Å². The predicted octanol–water partition coefficient (Wildman–Crippen LogP) is 3.10. The van der Waals surface area contributed by atoms with Crippen molar-refractivity contribution in [3.8, 4) is 5.75 Å². The van der Waals surface area contributed by atoms with Crippen molar-refractivity contribution in [1.82, 2.24) is 5.32 Å². The van der Waals surface area contributed by atoms with Crippen LogP contribution in [0.4, 0.5) is 5.69 Å². The summed E-state index contributed by atoms with van der Waals surface area (Å²) in [6, 6.07) is 9.53. The Bertz CT molecular complexity index is 962. The van der Waals surface area contributed by atoms with Crippen LogP contribution < -0.4 is 10.0 Å². The molecule has 0 spiro atoms. The molecule has 0 heterocycles. The van der Waals surface area contributed by atoms with Crippen LogP contribution in [-0.2, 0) is 35.7 Å². The molecule has 4 N–H and O–H groups in total. The molecular formula is C22H31ClN2O4S. The van der Waals surface area contributed by atoms with E-state index in [-0.39, 0.29) is 36.4 Å². The van der Waals surface area contributed by atoms with Gasteiger partial charge in [-0.25, -0.2) is 8.42 Å². The van der Waals surface area contributed by atoms with Crippen molar-refractivity contribution in [1.29, 1.82) is 0 Å². The van der Waals surface area contributed by atoms with Crippen molar-refractivity contribution in [2.24, 2.45) is 0 Å². The number of aliphatic hydroxyl groups is 1. The quantitative estimate of drug-likeness (QED) is 0.459. The van der Waals surface area contributed by atoms with E-state index in [1.807, 2.05) is 0 Å². The van der Waals surface area contributed by atoms with Gasteiger partial charge in [0.1, 0.15) is 5.75 Å². The number of phenols is 1. The normalized spacial score (nSPS) is 14.8. The summed E-state index contributed by atoms with van der Waals surface area (Å²) in [5, 5.41) is 24.3. The lowest BCUT2D eigenvalue weighted by molar-refractivity contribution is 0.166. The van der Waals surface area contributed by atoms with Gasteiger partial charge in [0.25, 0.3) is 0 Å². The summed E-state index contributed by atoms with van der Waals surface area (Å²) in [4.78, 5) is 0. The molecule has 30 heavy (non-hydrogen) atoms. The van der Waals surface area contributed by atoms with E-state index >= 15 is 0 Å². The number of aromatic hydroxyl groups is 1. The minimum atomic E-state index is -3.52. The van der Waals surface area contributed by atoms with Crippen molar-refractivity contribution >= 4 is 28.1 Å². The first-order valence-electron chi connectivity index (χ1n) is 10.1. The zero-order chi connectivity index (χ0) is 21.2. The zero-order valence-electron chi connectivity index (χ0n) is 17.6. The van der Waals surface area contributed by atoms with E-state index in [1.165, 1.54) is 28.3 Å². The van der Waals surface area contributed by atoms with Gasteiger partial charge in [0, 0.05) is 18.2 Å². The van der Waals surface area contributed by atoms with Gasteiger partial charge in [0.15, 0.2) is 0 Å². The monoisotopic (exact) mass is 454 g/mol. The van der Waals surface area contributed by atoms with E-state index in [1.54, 1.807) is 12.1 Å². The molecule has 3 rings (SSSR count). The molecule has 8 heteroatoms. The summed E-state index contributed by atoms with van der Waals surface area (Å²) in [5.41, 5.74) is 5.92. The van der Waals surface area contributed by atoms with Crippen molar-refractivity contribution < 1.29 is 18.6 Å². The van der Waals surface area contributed by atoms with E-state index in [2.05, 4.69) is 36.0 Å².